The first-order valence-electron chi connectivity index (χ1n) is 5.57. The number of benzene rings is 1. The van der Waals surface area contributed by atoms with Gasteiger partial charge in [0.15, 0.2) is 5.11 Å². The third kappa shape index (κ3) is 2.65. The number of halogens is 1. The van der Waals surface area contributed by atoms with Crippen LogP contribution >= 0.6 is 12.2 Å². The summed E-state index contributed by atoms with van der Waals surface area (Å²) >= 11 is 4.76. The Bertz CT molecular complexity index is 654. The van der Waals surface area contributed by atoms with Gasteiger partial charge in [0.1, 0.15) is 11.5 Å². The maximum atomic E-state index is 13.3. The lowest BCUT2D eigenvalue weighted by Crippen LogP contribution is -2.20. The van der Waals surface area contributed by atoms with Crippen molar-refractivity contribution >= 4 is 39.9 Å². The summed E-state index contributed by atoms with van der Waals surface area (Å²) in [5, 5.41) is 3.14. The number of fused-ring (bicyclic) bond motifs is 1. The number of rotatable bonds is 3. The number of nitrogens with two attached hydrogens (primary N) is 1. The Morgan fingerprint density at radius 2 is 2.32 bits per heavy atom. The summed E-state index contributed by atoms with van der Waals surface area (Å²) in [5.74, 6) is -0.981. The van der Waals surface area contributed by atoms with E-state index in [1.807, 2.05) is 0 Å². The molecule has 0 fully saturated rings. The minimum absolute atomic E-state index is 0.0179. The molecular formula is C12H12FN3O2S. The Hall–Kier alpha value is -2.15. The molecule has 7 heteroatoms. The molecule has 0 saturated carbocycles. The normalized spacial score (nSPS) is 10.4. The fraction of sp³-hybridized carbons (Fsp3) is 0.167. The lowest BCUT2D eigenvalue weighted by molar-refractivity contribution is 0.0522. The van der Waals surface area contributed by atoms with Crippen molar-refractivity contribution in [2.24, 2.45) is 5.73 Å². The maximum absolute atomic E-state index is 13.3. The second-order valence-electron chi connectivity index (χ2n) is 3.77. The summed E-state index contributed by atoms with van der Waals surface area (Å²) in [7, 11) is 0. The van der Waals surface area contributed by atoms with Gasteiger partial charge in [-0.25, -0.2) is 9.18 Å². The van der Waals surface area contributed by atoms with Crippen LogP contribution in [-0.4, -0.2) is 22.7 Å². The van der Waals surface area contributed by atoms with Crippen LogP contribution in [-0.2, 0) is 4.74 Å². The number of nitrogens with one attached hydrogen (secondary N) is 2. The summed E-state index contributed by atoms with van der Waals surface area (Å²) in [6.07, 6.45) is 0. The molecule has 1 aromatic heterocycles. The minimum atomic E-state index is -0.558. The quantitative estimate of drug-likeness (QED) is 0.593. The molecule has 1 aromatic carbocycles. The van der Waals surface area contributed by atoms with Gasteiger partial charge in [-0.3, -0.25) is 0 Å². The van der Waals surface area contributed by atoms with Crippen LogP contribution in [0.4, 0.5) is 10.1 Å². The average molecular weight is 281 g/mol. The Balaban J connectivity index is 2.61. The second kappa shape index (κ2) is 5.23. The van der Waals surface area contributed by atoms with Crippen molar-refractivity contribution in [1.82, 2.24) is 4.98 Å². The van der Waals surface area contributed by atoms with Gasteiger partial charge >= 0.3 is 5.97 Å². The minimum Gasteiger partial charge on any atom is -0.461 e. The number of aromatic amines is 1. The van der Waals surface area contributed by atoms with Gasteiger partial charge in [0, 0.05) is 10.9 Å². The largest absolute Gasteiger partial charge is 0.461 e. The van der Waals surface area contributed by atoms with Crippen LogP contribution in [0.25, 0.3) is 10.9 Å². The Labute approximate surface area is 113 Å². The van der Waals surface area contributed by atoms with Crippen molar-refractivity contribution in [2.75, 3.05) is 11.9 Å². The van der Waals surface area contributed by atoms with E-state index in [9.17, 15) is 9.18 Å². The Morgan fingerprint density at radius 1 is 1.58 bits per heavy atom. The summed E-state index contributed by atoms with van der Waals surface area (Å²) in [6, 6.07) is 4.10. The number of H-pyrrole nitrogens is 1. The monoisotopic (exact) mass is 281 g/mol. The summed E-state index contributed by atoms with van der Waals surface area (Å²) in [4.78, 5) is 14.7. The molecule has 1 heterocycles. The van der Waals surface area contributed by atoms with E-state index in [0.29, 0.717) is 16.6 Å². The number of anilines is 1. The molecule has 4 N–H and O–H groups in total. The molecule has 100 valence electrons. The van der Waals surface area contributed by atoms with Gasteiger partial charge in [-0.05, 0) is 37.3 Å². The molecular weight excluding hydrogens is 269 g/mol. The van der Waals surface area contributed by atoms with Crippen molar-refractivity contribution in [1.29, 1.82) is 0 Å². The van der Waals surface area contributed by atoms with Crippen LogP contribution in [0.2, 0.25) is 0 Å². The molecule has 19 heavy (non-hydrogen) atoms. The third-order valence-electron chi connectivity index (χ3n) is 2.49. The van der Waals surface area contributed by atoms with Crippen LogP contribution < -0.4 is 11.1 Å². The first-order valence-corrected chi connectivity index (χ1v) is 5.98. The van der Waals surface area contributed by atoms with E-state index in [0.717, 1.165) is 0 Å². The predicted octanol–water partition coefficient (Wildman–Crippen LogP) is 2.14. The number of carbonyl (C=O) groups excluding carboxylic acids is 1. The van der Waals surface area contributed by atoms with Crippen molar-refractivity contribution in [3.05, 3.63) is 29.7 Å². The zero-order valence-electron chi connectivity index (χ0n) is 10.1. The molecule has 0 spiro atoms. The van der Waals surface area contributed by atoms with Gasteiger partial charge in [-0.1, -0.05) is 0 Å². The van der Waals surface area contributed by atoms with E-state index in [4.69, 9.17) is 22.7 Å². The fourth-order valence-electron chi connectivity index (χ4n) is 1.77. The summed E-state index contributed by atoms with van der Waals surface area (Å²) in [5.41, 5.74) is 6.48. The zero-order valence-corrected chi connectivity index (χ0v) is 10.9. The number of aromatic nitrogens is 1. The molecule has 0 bridgehead atoms. The van der Waals surface area contributed by atoms with Crippen LogP contribution in [0.15, 0.2) is 18.2 Å². The van der Waals surface area contributed by atoms with Crippen LogP contribution in [0, 0.1) is 5.82 Å². The van der Waals surface area contributed by atoms with Gasteiger partial charge in [-0.15, -0.1) is 0 Å². The smallest absolute Gasteiger partial charge is 0.356 e. The van der Waals surface area contributed by atoms with Crippen molar-refractivity contribution in [2.45, 2.75) is 6.92 Å². The molecule has 0 radical (unpaired) electrons. The number of hydrogen-bond donors (Lipinski definition) is 3. The van der Waals surface area contributed by atoms with E-state index in [-0.39, 0.29) is 17.4 Å². The standard InChI is InChI=1S/C12H12FN3O2S/c1-2-18-11(17)10-9(16-12(14)19)7-5-6(13)3-4-8(7)15-10/h3-5,15H,2H2,1H3,(H3,14,16,19). The SMILES string of the molecule is CCOC(=O)c1[nH]c2ccc(F)cc2c1NC(N)=S. The summed E-state index contributed by atoms with van der Waals surface area (Å²) < 4.78 is 18.2. The zero-order chi connectivity index (χ0) is 14.0. The highest BCUT2D eigenvalue weighted by atomic mass is 32.1. The van der Waals surface area contributed by atoms with Crippen molar-refractivity contribution < 1.29 is 13.9 Å². The van der Waals surface area contributed by atoms with E-state index in [1.165, 1.54) is 18.2 Å². The van der Waals surface area contributed by atoms with E-state index in [2.05, 4.69) is 10.3 Å². The number of carbonyl (C=O) groups is 1. The van der Waals surface area contributed by atoms with Crippen LogP contribution in [0.1, 0.15) is 17.4 Å². The number of hydrogen-bond acceptors (Lipinski definition) is 3. The molecule has 0 saturated heterocycles. The number of thiocarbonyl (C=S) groups is 1. The van der Waals surface area contributed by atoms with E-state index in [1.54, 1.807) is 6.92 Å². The molecule has 0 amide bonds. The van der Waals surface area contributed by atoms with Crippen molar-refractivity contribution in [3.63, 3.8) is 0 Å². The summed E-state index contributed by atoms with van der Waals surface area (Å²) in [6.45, 7) is 1.93. The van der Waals surface area contributed by atoms with Crippen molar-refractivity contribution in [3.8, 4) is 0 Å². The van der Waals surface area contributed by atoms with Gasteiger partial charge in [0.05, 0.1) is 12.3 Å². The Morgan fingerprint density at radius 3 is 2.95 bits per heavy atom. The molecule has 0 aliphatic rings. The number of ether oxygens (including phenoxy) is 1. The van der Waals surface area contributed by atoms with E-state index < -0.39 is 11.8 Å². The molecule has 5 nitrogen and oxygen atoms in total. The molecule has 0 unspecified atom stereocenters. The molecule has 2 aromatic rings. The first kappa shape index (κ1) is 13.3. The fourth-order valence-corrected chi connectivity index (χ4v) is 1.88. The lowest BCUT2D eigenvalue weighted by atomic mass is 10.2. The molecule has 0 atom stereocenters. The Kier molecular flexibility index (Phi) is 3.66. The molecule has 2 rings (SSSR count). The molecule has 0 aliphatic carbocycles. The van der Waals surface area contributed by atoms with Gasteiger partial charge in [0.25, 0.3) is 0 Å². The lowest BCUT2D eigenvalue weighted by Gasteiger charge is -2.05. The second-order valence-corrected chi connectivity index (χ2v) is 4.21. The van der Waals surface area contributed by atoms with E-state index >= 15 is 0 Å². The van der Waals surface area contributed by atoms with Crippen LogP contribution in [0.5, 0.6) is 0 Å². The van der Waals surface area contributed by atoms with Gasteiger partial charge in [-0.2, -0.15) is 0 Å². The highest BCUT2D eigenvalue weighted by molar-refractivity contribution is 7.80. The maximum Gasteiger partial charge on any atom is 0.356 e. The van der Waals surface area contributed by atoms with Crippen LogP contribution in [0.3, 0.4) is 0 Å². The first-order chi connectivity index (χ1) is 9.02. The van der Waals surface area contributed by atoms with Gasteiger partial charge < -0.3 is 20.8 Å². The average Bonchev–Trinajstić information content (AvgIpc) is 2.67. The number of esters is 1. The van der Waals surface area contributed by atoms with Gasteiger partial charge in [0.2, 0.25) is 0 Å². The predicted molar refractivity (Wildman–Crippen MR) is 74.6 cm³/mol. The highest BCUT2D eigenvalue weighted by Crippen LogP contribution is 2.29. The molecule has 0 aliphatic heterocycles. The topological polar surface area (TPSA) is 80.1 Å². The third-order valence-corrected chi connectivity index (χ3v) is 2.59. The highest BCUT2D eigenvalue weighted by Gasteiger charge is 2.19.